The Balaban J connectivity index is 1.70. The molecule has 3 aromatic carbocycles. The summed E-state index contributed by atoms with van der Waals surface area (Å²) in [5, 5.41) is 3.19. The van der Waals surface area contributed by atoms with E-state index in [1.807, 2.05) is 45.0 Å². The van der Waals surface area contributed by atoms with Crippen LogP contribution < -0.4 is 9.62 Å². The molecule has 1 N–H and O–H groups in total. The van der Waals surface area contributed by atoms with Crippen LogP contribution in [0.1, 0.15) is 62.1 Å². The fourth-order valence-electron chi connectivity index (χ4n) is 5.44. The lowest BCUT2D eigenvalue weighted by Gasteiger charge is -2.34. The van der Waals surface area contributed by atoms with Crippen LogP contribution in [0.4, 0.5) is 5.69 Å². The van der Waals surface area contributed by atoms with Crippen molar-refractivity contribution in [2.45, 2.75) is 82.8 Å². The van der Waals surface area contributed by atoms with Gasteiger partial charge in [0, 0.05) is 17.1 Å². The van der Waals surface area contributed by atoms with Gasteiger partial charge in [0.05, 0.1) is 10.6 Å². The minimum atomic E-state index is -4.10. The van der Waals surface area contributed by atoms with Gasteiger partial charge in [-0.15, -0.1) is 0 Å². The van der Waals surface area contributed by atoms with Crippen molar-refractivity contribution < 1.29 is 18.0 Å². The molecular formula is C33H40BrN3O4S. The number of hydrogen-bond donors (Lipinski definition) is 1. The Labute approximate surface area is 258 Å². The van der Waals surface area contributed by atoms with Crippen LogP contribution in [0.25, 0.3) is 0 Å². The standard InChI is InChI=1S/C33H40BrN3O4S/c1-4-31(33(39)35-28-11-6-5-7-12-28)36(22-26-10-8-9-25(3)21-26)32(38)23-37(29-17-15-27(34)16-18-29)42(40,41)30-19-13-24(2)14-20-30/h8-10,13-21,28,31H,4-7,11-12,22-23H2,1-3H3,(H,35,39)/t31-/m0/s1. The Morgan fingerprint density at radius 3 is 2.21 bits per heavy atom. The van der Waals surface area contributed by atoms with Crippen molar-refractivity contribution in [3.05, 3.63) is 94.0 Å². The lowest BCUT2D eigenvalue weighted by Crippen LogP contribution is -2.54. The molecule has 0 heterocycles. The molecule has 0 spiro atoms. The first-order valence-corrected chi connectivity index (χ1v) is 16.8. The predicted octanol–water partition coefficient (Wildman–Crippen LogP) is 6.52. The third-order valence-corrected chi connectivity index (χ3v) is 10.1. The lowest BCUT2D eigenvalue weighted by molar-refractivity contribution is -0.140. The van der Waals surface area contributed by atoms with Crippen molar-refractivity contribution in [1.29, 1.82) is 0 Å². The number of nitrogens with zero attached hydrogens (tertiary/aromatic N) is 2. The van der Waals surface area contributed by atoms with Gasteiger partial charge in [0.15, 0.2) is 0 Å². The highest BCUT2D eigenvalue weighted by atomic mass is 79.9. The SMILES string of the molecule is CC[C@@H](C(=O)NC1CCCCC1)N(Cc1cccc(C)c1)C(=O)CN(c1ccc(Br)cc1)S(=O)(=O)c1ccc(C)cc1. The Morgan fingerprint density at radius 1 is 0.929 bits per heavy atom. The van der Waals surface area contributed by atoms with Gasteiger partial charge in [-0.2, -0.15) is 0 Å². The molecule has 0 radical (unpaired) electrons. The van der Waals surface area contributed by atoms with Crippen molar-refractivity contribution in [1.82, 2.24) is 10.2 Å². The van der Waals surface area contributed by atoms with Gasteiger partial charge in [0.25, 0.3) is 10.0 Å². The Kier molecular flexibility index (Phi) is 10.8. The average molecular weight is 655 g/mol. The van der Waals surface area contributed by atoms with E-state index < -0.39 is 28.5 Å². The highest BCUT2D eigenvalue weighted by Crippen LogP contribution is 2.27. The van der Waals surface area contributed by atoms with Crippen LogP contribution >= 0.6 is 15.9 Å². The van der Waals surface area contributed by atoms with Crippen LogP contribution in [-0.4, -0.2) is 43.8 Å². The number of hydrogen-bond acceptors (Lipinski definition) is 4. The number of amides is 2. The second kappa shape index (κ2) is 14.3. The van der Waals surface area contributed by atoms with E-state index in [-0.39, 0.29) is 23.4 Å². The summed E-state index contributed by atoms with van der Waals surface area (Å²) in [5.74, 6) is -0.636. The minimum absolute atomic E-state index is 0.0936. The van der Waals surface area contributed by atoms with E-state index in [1.54, 1.807) is 53.4 Å². The predicted molar refractivity (Wildman–Crippen MR) is 171 cm³/mol. The molecule has 0 unspecified atom stereocenters. The molecule has 1 aliphatic carbocycles. The maximum atomic E-state index is 14.2. The summed E-state index contributed by atoms with van der Waals surface area (Å²) in [5.41, 5.74) is 3.21. The second-order valence-corrected chi connectivity index (χ2v) is 13.9. The topological polar surface area (TPSA) is 86.8 Å². The maximum absolute atomic E-state index is 14.2. The van der Waals surface area contributed by atoms with Crippen LogP contribution in [0.5, 0.6) is 0 Å². The molecule has 0 saturated heterocycles. The largest absolute Gasteiger partial charge is 0.352 e. The zero-order valence-electron chi connectivity index (χ0n) is 24.6. The van der Waals surface area contributed by atoms with Crippen LogP contribution in [0.3, 0.4) is 0 Å². The third kappa shape index (κ3) is 8.01. The zero-order valence-corrected chi connectivity index (χ0v) is 27.0. The molecule has 1 atom stereocenters. The number of halogens is 1. The normalized spacial score (nSPS) is 14.7. The summed E-state index contributed by atoms with van der Waals surface area (Å²) in [7, 11) is -4.10. The fraction of sp³-hybridized carbons (Fsp3) is 0.394. The van der Waals surface area contributed by atoms with E-state index in [0.29, 0.717) is 12.1 Å². The summed E-state index contributed by atoms with van der Waals surface area (Å²) in [4.78, 5) is 29.5. The first kappa shape index (κ1) is 31.8. The number of anilines is 1. The van der Waals surface area contributed by atoms with Gasteiger partial charge in [-0.3, -0.25) is 13.9 Å². The monoisotopic (exact) mass is 653 g/mol. The highest BCUT2D eigenvalue weighted by molar-refractivity contribution is 9.10. The van der Waals surface area contributed by atoms with Crippen molar-refractivity contribution in [3.63, 3.8) is 0 Å². The minimum Gasteiger partial charge on any atom is -0.352 e. The molecule has 224 valence electrons. The molecule has 4 rings (SSSR count). The van der Waals surface area contributed by atoms with Gasteiger partial charge >= 0.3 is 0 Å². The van der Waals surface area contributed by atoms with E-state index in [9.17, 15) is 18.0 Å². The molecule has 2 amide bonds. The number of nitrogens with one attached hydrogen (secondary N) is 1. The fourth-order valence-corrected chi connectivity index (χ4v) is 7.12. The zero-order chi connectivity index (χ0) is 30.3. The van der Waals surface area contributed by atoms with E-state index in [1.165, 1.54) is 6.42 Å². The first-order valence-electron chi connectivity index (χ1n) is 14.6. The molecule has 9 heteroatoms. The number of carbonyl (C=O) groups is 2. The van der Waals surface area contributed by atoms with Gasteiger partial charge in [0.2, 0.25) is 11.8 Å². The summed E-state index contributed by atoms with van der Waals surface area (Å²) in [6.45, 7) is 5.49. The van der Waals surface area contributed by atoms with Gasteiger partial charge in [0.1, 0.15) is 12.6 Å². The van der Waals surface area contributed by atoms with Gasteiger partial charge in [-0.25, -0.2) is 8.42 Å². The number of benzene rings is 3. The molecular weight excluding hydrogens is 614 g/mol. The number of sulfonamides is 1. The lowest BCUT2D eigenvalue weighted by atomic mass is 9.95. The smallest absolute Gasteiger partial charge is 0.264 e. The molecule has 1 fully saturated rings. The quantitative estimate of drug-likeness (QED) is 0.255. The summed E-state index contributed by atoms with van der Waals surface area (Å²) in [6, 6.07) is 20.6. The van der Waals surface area contributed by atoms with E-state index in [4.69, 9.17) is 0 Å². The molecule has 0 aliphatic heterocycles. The summed E-state index contributed by atoms with van der Waals surface area (Å²) < 4.78 is 29.9. The van der Waals surface area contributed by atoms with Crippen molar-refractivity contribution in [2.75, 3.05) is 10.8 Å². The van der Waals surface area contributed by atoms with Gasteiger partial charge in [-0.05, 0) is 75.1 Å². The first-order chi connectivity index (χ1) is 20.1. The van der Waals surface area contributed by atoms with E-state index >= 15 is 0 Å². The van der Waals surface area contributed by atoms with Crippen LogP contribution in [0.2, 0.25) is 0 Å². The molecule has 3 aromatic rings. The van der Waals surface area contributed by atoms with E-state index in [0.717, 1.165) is 51.2 Å². The molecule has 42 heavy (non-hydrogen) atoms. The molecule has 7 nitrogen and oxygen atoms in total. The third-order valence-electron chi connectivity index (χ3n) is 7.78. The molecule has 0 aromatic heterocycles. The molecule has 1 aliphatic rings. The Bertz CT molecular complexity index is 1470. The Hall–Kier alpha value is -3.17. The van der Waals surface area contributed by atoms with Crippen molar-refractivity contribution in [2.24, 2.45) is 0 Å². The number of carbonyl (C=O) groups excluding carboxylic acids is 2. The van der Waals surface area contributed by atoms with Crippen LogP contribution in [0, 0.1) is 13.8 Å². The summed E-state index contributed by atoms with van der Waals surface area (Å²) in [6.07, 6.45) is 5.58. The highest BCUT2D eigenvalue weighted by Gasteiger charge is 2.34. The van der Waals surface area contributed by atoms with Crippen molar-refractivity contribution >= 4 is 43.5 Å². The maximum Gasteiger partial charge on any atom is 0.264 e. The molecule has 0 bridgehead atoms. The van der Waals surface area contributed by atoms with Gasteiger partial charge < -0.3 is 10.2 Å². The van der Waals surface area contributed by atoms with Crippen molar-refractivity contribution in [3.8, 4) is 0 Å². The van der Waals surface area contributed by atoms with Gasteiger partial charge in [-0.1, -0.05) is 89.6 Å². The molecule has 1 saturated carbocycles. The van der Waals surface area contributed by atoms with E-state index in [2.05, 4.69) is 21.2 Å². The van der Waals surface area contributed by atoms with Crippen LogP contribution in [0.15, 0.2) is 82.2 Å². The number of rotatable bonds is 11. The second-order valence-electron chi connectivity index (χ2n) is 11.1. The average Bonchev–Trinajstić information content (AvgIpc) is 2.97. The Morgan fingerprint density at radius 2 is 1.60 bits per heavy atom. The number of aryl methyl sites for hydroxylation is 2. The summed E-state index contributed by atoms with van der Waals surface area (Å²) >= 11 is 3.41. The van der Waals surface area contributed by atoms with Crippen LogP contribution in [-0.2, 0) is 26.2 Å².